The highest BCUT2D eigenvalue weighted by atomic mass is 19.1. The molecule has 1 aromatic carbocycles. The van der Waals surface area contributed by atoms with Crippen LogP contribution < -0.4 is 0 Å². The second kappa shape index (κ2) is 7.88. The summed E-state index contributed by atoms with van der Waals surface area (Å²) in [7, 11) is 1.69. The molecule has 1 aromatic heterocycles. The number of ether oxygens (including phenoxy) is 1. The second-order valence-corrected chi connectivity index (χ2v) is 6.28. The zero-order valence-corrected chi connectivity index (χ0v) is 13.9. The number of aliphatic hydroxyl groups is 1. The van der Waals surface area contributed by atoms with Crippen LogP contribution in [0.4, 0.5) is 4.39 Å². The fourth-order valence-corrected chi connectivity index (χ4v) is 3.32. The maximum Gasteiger partial charge on any atom is 0.123 e. The van der Waals surface area contributed by atoms with Crippen molar-refractivity contribution in [3.05, 3.63) is 53.9 Å². The van der Waals surface area contributed by atoms with E-state index >= 15 is 0 Å². The van der Waals surface area contributed by atoms with Crippen LogP contribution in [0.1, 0.15) is 23.7 Å². The van der Waals surface area contributed by atoms with Crippen LogP contribution in [0.3, 0.4) is 0 Å². The molecular weight excluding hydrogens is 309 g/mol. The first kappa shape index (κ1) is 17.1. The van der Waals surface area contributed by atoms with Gasteiger partial charge in [0.2, 0.25) is 0 Å². The molecule has 1 aliphatic rings. The maximum atomic E-state index is 13.1. The van der Waals surface area contributed by atoms with Gasteiger partial charge in [-0.3, -0.25) is 4.90 Å². The fraction of sp³-hybridized carbons (Fsp3) is 0.500. The van der Waals surface area contributed by atoms with E-state index < -0.39 is 6.10 Å². The number of aliphatic hydroxyl groups excluding tert-OH is 1. The van der Waals surface area contributed by atoms with Gasteiger partial charge in [-0.2, -0.15) is 0 Å². The van der Waals surface area contributed by atoms with Gasteiger partial charge in [0, 0.05) is 38.5 Å². The van der Waals surface area contributed by atoms with Gasteiger partial charge >= 0.3 is 0 Å². The minimum absolute atomic E-state index is 0.0649. The van der Waals surface area contributed by atoms with Gasteiger partial charge < -0.3 is 14.4 Å². The van der Waals surface area contributed by atoms with Gasteiger partial charge in [0.1, 0.15) is 11.6 Å². The van der Waals surface area contributed by atoms with Crippen LogP contribution in [0.2, 0.25) is 0 Å². The molecule has 0 unspecified atom stereocenters. The van der Waals surface area contributed by atoms with Crippen LogP contribution in [0, 0.1) is 5.82 Å². The first-order chi connectivity index (χ1) is 11.7. The van der Waals surface area contributed by atoms with Crippen molar-refractivity contribution in [3.8, 4) is 0 Å². The molecule has 24 heavy (non-hydrogen) atoms. The average Bonchev–Trinajstić information content (AvgIpc) is 3.01. The van der Waals surface area contributed by atoms with Crippen molar-refractivity contribution < 1.29 is 14.2 Å². The van der Waals surface area contributed by atoms with Crippen LogP contribution in [0.15, 0.2) is 36.7 Å². The van der Waals surface area contributed by atoms with Gasteiger partial charge in [-0.25, -0.2) is 9.37 Å². The van der Waals surface area contributed by atoms with Crippen LogP contribution in [0.5, 0.6) is 0 Å². The molecule has 2 atom stereocenters. The number of β-amino-alcohol motifs (C(OH)–C–C–N with tert-alkyl or cyclic N) is 1. The molecule has 1 aliphatic heterocycles. The van der Waals surface area contributed by atoms with Gasteiger partial charge in [0.15, 0.2) is 0 Å². The number of benzene rings is 1. The summed E-state index contributed by atoms with van der Waals surface area (Å²) >= 11 is 0. The molecule has 6 heteroatoms. The highest BCUT2D eigenvalue weighted by Crippen LogP contribution is 2.29. The predicted octanol–water partition coefficient (Wildman–Crippen LogP) is 2.02. The monoisotopic (exact) mass is 333 g/mol. The molecular formula is C18H24FN3O2. The molecule has 2 aromatic rings. The van der Waals surface area contributed by atoms with E-state index in [9.17, 15) is 9.50 Å². The predicted molar refractivity (Wildman–Crippen MR) is 89.1 cm³/mol. The Morgan fingerprint density at radius 2 is 2.12 bits per heavy atom. The minimum Gasteiger partial charge on any atom is -0.391 e. The Hall–Kier alpha value is -1.76. The number of piperidine rings is 1. The lowest BCUT2D eigenvalue weighted by atomic mass is 9.87. The molecule has 0 radical (unpaired) electrons. The Kier molecular flexibility index (Phi) is 5.60. The Morgan fingerprint density at radius 3 is 2.83 bits per heavy atom. The van der Waals surface area contributed by atoms with Crippen molar-refractivity contribution in [2.24, 2.45) is 0 Å². The lowest BCUT2D eigenvalue weighted by Crippen LogP contribution is -2.42. The molecule has 1 saturated heterocycles. The topological polar surface area (TPSA) is 50.5 Å². The summed E-state index contributed by atoms with van der Waals surface area (Å²) < 4.78 is 20.3. The van der Waals surface area contributed by atoms with Gasteiger partial charge in [-0.15, -0.1) is 0 Å². The van der Waals surface area contributed by atoms with E-state index in [1.807, 2.05) is 6.20 Å². The normalized spacial score (nSPS) is 22.0. The largest absolute Gasteiger partial charge is 0.391 e. The van der Waals surface area contributed by atoms with Crippen molar-refractivity contribution in [1.82, 2.24) is 14.5 Å². The zero-order chi connectivity index (χ0) is 16.9. The summed E-state index contributed by atoms with van der Waals surface area (Å²) in [5.41, 5.74) is 1.00. The Labute approximate surface area is 141 Å². The third-order valence-electron chi connectivity index (χ3n) is 4.67. The summed E-state index contributed by atoms with van der Waals surface area (Å²) in [4.78, 5) is 6.64. The van der Waals surface area contributed by atoms with Gasteiger partial charge in [-0.05, 0) is 30.7 Å². The number of hydrogen-bond acceptors (Lipinski definition) is 4. The van der Waals surface area contributed by atoms with E-state index in [1.165, 1.54) is 12.1 Å². The van der Waals surface area contributed by atoms with E-state index in [4.69, 9.17) is 4.74 Å². The summed E-state index contributed by atoms with van der Waals surface area (Å²) in [6, 6.07) is 6.47. The van der Waals surface area contributed by atoms with E-state index in [-0.39, 0.29) is 11.7 Å². The molecule has 0 amide bonds. The number of methoxy groups -OCH3 is 1. The van der Waals surface area contributed by atoms with Crippen LogP contribution >= 0.6 is 0 Å². The zero-order valence-electron chi connectivity index (χ0n) is 13.9. The number of halogens is 1. The quantitative estimate of drug-likeness (QED) is 0.879. The SMILES string of the molecule is COCCn1ccnc1CN1CC[C@@H](c2ccc(F)cc2)[C@H](O)C1. The summed E-state index contributed by atoms with van der Waals surface area (Å²) in [6.07, 6.45) is 4.15. The molecule has 0 saturated carbocycles. The lowest BCUT2D eigenvalue weighted by molar-refractivity contribution is 0.0458. The van der Waals surface area contributed by atoms with Crippen molar-refractivity contribution in [3.63, 3.8) is 0 Å². The fourth-order valence-electron chi connectivity index (χ4n) is 3.32. The maximum absolute atomic E-state index is 13.1. The Balaban J connectivity index is 1.59. The number of hydrogen-bond donors (Lipinski definition) is 1. The molecule has 130 valence electrons. The van der Waals surface area contributed by atoms with Crippen molar-refractivity contribution in [2.45, 2.75) is 31.5 Å². The van der Waals surface area contributed by atoms with Crippen LogP contribution in [-0.4, -0.2) is 52.5 Å². The highest BCUT2D eigenvalue weighted by molar-refractivity contribution is 5.22. The van der Waals surface area contributed by atoms with Crippen molar-refractivity contribution in [1.29, 1.82) is 0 Å². The second-order valence-electron chi connectivity index (χ2n) is 6.28. The molecule has 0 spiro atoms. The lowest BCUT2D eigenvalue weighted by Gasteiger charge is -2.36. The van der Waals surface area contributed by atoms with E-state index in [0.29, 0.717) is 19.7 Å². The number of nitrogens with zero attached hydrogens (tertiary/aromatic N) is 3. The first-order valence-corrected chi connectivity index (χ1v) is 8.32. The summed E-state index contributed by atoms with van der Waals surface area (Å²) in [5.74, 6) is 0.808. The Morgan fingerprint density at radius 1 is 1.33 bits per heavy atom. The number of imidazole rings is 1. The number of rotatable bonds is 6. The highest BCUT2D eigenvalue weighted by Gasteiger charge is 2.29. The van der Waals surface area contributed by atoms with Crippen molar-refractivity contribution >= 4 is 0 Å². The molecule has 3 rings (SSSR count). The molecule has 1 N–H and O–H groups in total. The average molecular weight is 333 g/mol. The Bertz CT molecular complexity index is 644. The standard InChI is InChI=1S/C18H24FN3O2/c1-24-11-10-22-9-7-20-18(22)13-21-8-6-16(17(23)12-21)14-2-4-15(19)5-3-14/h2-5,7,9,16-17,23H,6,8,10-13H2,1H3/t16-,17+/m0/s1. The van der Waals surface area contributed by atoms with Gasteiger partial charge in [0.05, 0.1) is 19.3 Å². The van der Waals surface area contributed by atoms with Crippen LogP contribution in [0.25, 0.3) is 0 Å². The summed E-state index contributed by atoms with van der Waals surface area (Å²) in [5, 5.41) is 10.5. The van der Waals surface area contributed by atoms with Crippen molar-refractivity contribution in [2.75, 3.05) is 26.8 Å². The smallest absolute Gasteiger partial charge is 0.123 e. The molecule has 5 nitrogen and oxygen atoms in total. The molecule has 0 aliphatic carbocycles. The molecule has 1 fully saturated rings. The van der Waals surface area contributed by atoms with E-state index in [0.717, 1.165) is 30.9 Å². The molecule has 2 heterocycles. The summed E-state index contributed by atoms with van der Waals surface area (Å²) in [6.45, 7) is 3.62. The molecule has 0 bridgehead atoms. The third-order valence-corrected chi connectivity index (χ3v) is 4.67. The van der Waals surface area contributed by atoms with E-state index in [2.05, 4.69) is 14.5 Å². The van der Waals surface area contributed by atoms with Gasteiger partial charge in [0.25, 0.3) is 0 Å². The third kappa shape index (κ3) is 4.01. The number of aromatic nitrogens is 2. The van der Waals surface area contributed by atoms with E-state index in [1.54, 1.807) is 25.4 Å². The first-order valence-electron chi connectivity index (χ1n) is 8.32. The van der Waals surface area contributed by atoms with Crippen LogP contribution in [-0.2, 0) is 17.8 Å². The minimum atomic E-state index is -0.452. The van der Waals surface area contributed by atoms with Gasteiger partial charge in [-0.1, -0.05) is 12.1 Å². The number of likely N-dealkylation sites (tertiary alicyclic amines) is 1.